The number of pyridine rings is 1. The molecular weight excluding hydrogens is 248 g/mol. The van der Waals surface area contributed by atoms with Crippen LogP contribution in [0.4, 0.5) is 0 Å². The summed E-state index contributed by atoms with van der Waals surface area (Å²) in [6.07, 6.45) is 5.50. The summed E-state index contributed by atoms with van der Waals surface area (Å²) in [7, 11) is 0. The number of nitrogens with one attached hydrogen (secondary N) is 1. The zero-order chi connectivity index (χ0) is 14.2. The van der Waals surface area contributed by atoms with Gasteiger partial charge in [0.05, 0.1) is 0 Å². The van der Waals surface area contributed by atoms with E-state index in [1.165, 1.54) is 11.1 Å². The van der Waals surface area contributed by atoms with Crippen molar-refractivity contribution in [1.82, 2.24) is 10.3 Å². The molecule has 1 aromatic heterocycles. The third-order valence-corrected chi connectivity index (χ3v) is 3.49. The lowest BCUT2D eigenvalue weighted by atomic mass is 10.0. The van der Waals surface area contributed by atoms with E-state index in [1.54, 1.807) is 6.20 Å². The molecular formula is C17H22N2O. The zero-order valence-corrected chi connectivity index (χ0v) is 11.9. The number of rotatable bonds is 7. The first-order valence-electron chi connectivity index (χ1n) is 7.17. The zero-order valence-electron chi connectivity index (χ0n) is 11.9. The molecule has 1 aromatic carbocycles. The Morgan fingerprint density at radius 1 is 1.20 bits per heavy atom. The van der Waals surface area contributed by atoms with Crippen LogP contribution in [0.5, 0.6) is 0 Å². The molecule has 0 radical (unpaired) electrons. The number of aliphatic hydroxyl groups excluding tert-OH is 1. The van der Waals surface area contributed by atoms with E-state index in [1.807, 2.05) is 12.3 Å². The first-order chi connectivity index (χ1) is 9.83. The largest absolute Gasteiger partial charge is 0.396 e. The molecule has 2 N–H and O–H groups in total. The monoisotopic (exact) mass is 270 g/mol. The number of nitrogens with zero attached hydrogens (tertiary/aromatic N) is 1. The van der Waals surface area contributed by atoms with Crippen LogP contribution < -0.4 is 5.32 Å². The van der Waals surface area contributed by atoms with Crippen LogP contribution in [0.3, 0.4) is 0 Å². The summed E-state index contributed by atoms with van der Waals surface area (Å²) in [6, 6.07) is 12.9. The Bertz CT molecular complexity index is 513. The Morgan fingerprint density at radius 2 is 2.05 bits per heavy atom. The van der Waals surface area contributed by atoms with Gasteiger partial charge in [-0.1, -0.05) is 31.2 Å². The summed E-state index contributed by atoms with van der Waals surface area (Å²) in [5.41, 5.74) is 3.58. The van der Waals surface area contributed by atoms with Crippen LogP contribution in [-0.4, -0.2) is 22.7 Å². The van der Waals surface area contributed by atoms with E-state index in [2.05, 4.69) is 47.6 Å². The van der Waals surface area contributed by atoms with Crippen LogP contribution in [0.25, 0.3) is 11.1 Å². The molecule has 0 aliphatic rings. The van der Waals surface area contributed by atoms with Crippen LogP contribution in [0, 0.1) is 0 Å². The number of aromatic nitrogens is 1. The van der Waals surface area contributed by atoms with Crippen molar-refractivity contribution >= 4 is 0 Å². The number of hydrogen-bond acceptors (Lipinski definition) is 3. The molecule has 0 aliphatic carbocycles. The lowest BCUT2D eigenvalue weighted by Gasteiger charge is -2.16. The summed E-state index contributed by atoms with van der Waals surface area (Å²) in [4.78, 5) is 4.16. The highest BCUT2D eigenvalue weighted by molar-refractivity contribution is 5.62. The smallest absolute Gasteiger partial charge is 0.0445 e. The fraction of sp³-hybridized carbons (Fsp3) is 0.353. The highest BCUT2D eigenvalue weighted by Crippen LogP contribution is 2.19. The molecule has 0 aliphatic heterocycles. The molecule has 3 nitrogen and oxygen atoms in total. The molecule has 1 unspecified atom stereocenters. The Labute approximate surface area is 120 Å². The Balaban J connectivity index is 2.03. The average Bonchev–Trinajstić information content (AvgIpc) is 2.52. The van der Waals surface area contributed by atoms with Gasteiger partial charge in [0.15, 0.2) is 0 Å². The third-order valence-electron chi connectivity index (χ3n) is 3.49. The van der Waals surface area contributed by atoms with Gasteiger partial charge in [-0.3, -0.25) is 4.98 Å². The molecule has 2 aromatic rings. The summed E-state index contributed by atoms with van der Waals surface area (Å²) >= 11 is 0. The first kappa shape index (κ1) is 14.7. The van der Waals surface area contributed by atoms with Crippen molar-refractivity contribution < 1.29 is 5.11 Å². The molecule has 2 rings (SSSR count). The van der Waals surface area contributed by atoms with Crippen molar-refractivity contribution in [2.24, 2.45) is 0 Å². The van der Waals surface area contributed by atoms with Gasteiger partial charge >= 0.3 is 0 Å². The lowest BCUT2D eigenvalue weighted by molar-refractivity contribution is 0.262. The average molecular weight is 270 g/mol. The van der Waals surface area contributed by atoms with Gasteiger partial charge in [0.1, 0.15) is 0 Å². The first-order valence-corrected chi connectivity index (χ1v) is 7.17. The maximum atomic E-state index is 9.01. The molecule has 106 valence electrons. The van der Waals surface area contributed by atoms with Crippen molar-refractivity contribution in [1.29, 1.82) is 0 Å². The molecule has 0 amide bonds. The van der Waals surface area contributed by atoms with Crippen molar-refractivity contribution in [3.8, 4) is 11.1 Å². The molecule has 0 fully saturated rings. The SMILES string of the molecule is CCC(CCO)NCc1cccc(-c2cccnc2)c1. The minimum absolute atomic E-state index is 0.237. The fourth-order valence-corrected chi connectivity index (χ4v) is 2.26. The summed E-state index contributed by atoms with van der Waals surface area (Å²) in [5, 5.41) is 12.5. The highest BCUT2D eigenvalue weighted by atomic mass is 16.3. The van der Waals surface area contributed by atoms with E-state index in [9.17, 15) is 0 Å². The van der Waals surface area contributed by atoms with Gasteiger partial charge < -0.3 is 10.4 Å². The van der Waals surface area contributed by atoms with Crippen molar-refractivity contribution in [2.45, 2.75) is 32.4 Å². The molecule has 0 spiro atoms. The summed E-state index contributed by atoms with van der Waals surface area (Å²) in [5.74, 6) is 0. The molecule has 3 heteroatoms. The molecule has 1 atom stereocenters. The fourth-order valence-electron chi connectivity index (χ4n) is 2.26. The molecule has 0 bridgehead atoms. The van der Waals surface area contributed by atoms with Gasteiger partial charge in [-0.15, -0.1) is 0 Å². The predicted molar refractivity (Wildman–Crippen MR) is 82.3 cm³/mol. The van der Waals surface area contributed by atoms with Gasteiger partial charge in [-0.05, 0) is 41.7 Å². The van der Waals surface area contributed by atoms with E-state index < -0.39 is 0 Å². The number of benzene rings is 1. The van der Waals surface area contributed by atoms with E-state index in [-0.39, 0.29) is 6.61 Å². The maximum absolute atomic E-state index is 9.01. The van der Waals surface area contributed by atoms with Gasteiger partial charge in [0.25, 0.3) is 0 Å². The lowest BCUT2D eigenvalue weighted by Crippen LogP contribution is -2.28. The van der Waals surface area contributed by atoms with Crippen LogP contribution in [0.1, 0.15) is 25.3 Å². The predicted octanol–water partition coefficient (Wildman–Crippen LogP) is 3.00. The van der Waals surface area contributed by atoms with Crippen LogP contribution in [-0.2, 0) is 6.54 Å². The molecule has 1 heterocycles. The summed E-state index contributed by atoms with van der Waals surface area (Å²) in [6.45, 7) is 3.20. The van der Waals surface area contributed by atoms with Gasteiger partial charge in [0, 0.05) is 31.6 Å². The van der Waals surface area contributed by atoms with Gasteiger partial charge in [0.2, 0.25) is 0 Å². The Morgan fingerprint density at radius 3 is 2.75 bits per heavy atom. The van der Waals surface area contributed by atoms with E-state index >= 15 is 0 Å². The van der Waals surface area contributed by atoms with E-state index in [4.69, 9.17) is 5.11 Å². The highest BCUT2D eigenvalue weighted by Gasteiger charge is 2.05. The van der Waals surface area contributed by atoms with E-state index in [0.717, 1.165) is 24.9 Å². The van der Waals surface area contributed by atoms with Crippen molar-refractivity contribution in [3.63, 3.8) is 0 Å². The summed E-state index contributed by atoms with van der Waals surface area (Å²) < 4.78 is 0. The molecule has 0 saturated carbocycles. The maximum Gasteiger partial charge on any atom is 0.0445 e. The van der Waals surface area contributed by atoms with Gasteiger partial charge in [-0.2, -0.15) is 0 Å². The normalized spacial score (nSPS) is 12.3. The minimum atomic E-state index is 0.237. The van der Waals surface area contributed by atoms with Crippen LogP contribution >= 0.6 is 0 Å². The second kappa shape index (κ2) is 7.78. The topological polar surface area (TPSA) is 45.1 Å². The molecule has 0 saturated heterocycles. The second-order valence-corrected chi connectivity index (χ2v) is 4.94. The van der Waals surface area contributed by atoms with Crippen molar-refractivity contribution in [3.05, 3.63) is 54.4 Å². The third kappa shape index (κ3) is 4.15. The van der Waals surface area contributed by atoms with E-state index in [0.29, 0.717) is 6.04 Å². The Kier molecular flexibility index (Phi) is 5.71. The standard InChI is InChI=1S/C17H22N2O/c1-2-17(8-10-20)19-12-14-5-3-6-15(11-14)16-7-4-9-18-13-16/h3-7,9,11,13,17,19-20H,2,8,10,12H2,1H3. The Hall–Kier alpha value is -1.71. The van der Waals surface area contributed by atoms with Crippen LogP contribution in [0.15, 0.2) is 48.8 Å². The minimum Gasteiger partial charge on any atom is -0.396 e. The van der Waals surface area contributed by atoms with Crippen LogP contribution in [0.2, 0.25) is 0 Å². The number of aliphatic hydroxyl groups is 1. The second-order valence-electron chi connectivity index (χ2n) is 4.94. The van der Waals surface area contributed by atoms with Gasteiger partial charge in [-0.25, -0.2) is 0 Å². The number of hydrogen-bond donors (Lipinski definition) is 2. The quantitative estimate of drug-likeness (QED) is 0.813. The molecule has 20 heavy (non-hydrogen) atoms. The van der Waals surface area contributed by atoms with Crippen molar-refractivity contribution in [2.75, 3.05) is 6.61 Å².